The van der Waals surface area contributed by atoms with Crippen LogP contribution in [0.4, 0.5) is 5.69 Å². The first kappa shape index (κ1) is 19.1. The largest absolute Gasteiger partial charge is 0.316 e. The van der Waals surface area contributed by atoms with Crippen LogP contribution in [0.1, 0.15) is 5.69 Å². The molecule has 0 atom stereocenters. The van der Waals surface area contributed by atoms with E-state index in [9.17, 15) is 0 Å². The average molecular weight is 471 g/mol. The van der Waals surface area contributed by atoms with Crippen LogP contribution in [-0.4, -0.2) is 9.55 Å². The van der Waals surface area contributed by atoms with Crippen LogP contribution in [0.3, 0.4) is 0 Å². The minimum Gasteiger partial charge on any atom is -0.316 e. The van der Waals surface area contributed by atoms with Crippen molar-refractivity contribution in [1.29, 1.82) is 0 Å². The van der Waals surface area contributed by atoms with Crippen LogP contribution in [0.15, 0.2) is 87.8 Å². The lowest BCUT2D eigenvalue weighted by Crippen LogP contribution is -2.17. The molecule has 6 heteroatoms. The number of pyridine rings is 1. The predicted molar refractivity (Wildman–Crippen MR) is 120 cm³/mol. The Bertz CT molecular complexity index is 1150. The van der Waals surface area contributed by atoms with E-state index >= 15 is 0 Å². The molecule has 0 bridgehead atoms. The summed E-state index contributed by atoms with van der Waals surface area (Å²) in [5.74, 6) is 0. The number of aromatic nitrogens is 2. The van der Waals surface area contributed by atoms with Crippen molar-refractivity contribution in [2.24, 2.45) is 4.99 Å². The Morgan fingerprint density at radius 3 is 2.68 bits per heavy atom. The molecule has 0 N–H and O–H groups in total. The third-order valence-corrected chi connectivity index (χ3v) is 6.09. The minimum absolute atomic E-state index is 0.684. The molecule has 0 unspecified atom stereocenters. The Morgan fingerprint density at radius 1 is 1.04 bits per heavy atom. The fraction of sp³-hybridized carbons (Fsp3) is 0.0909. The first-order chi connectivity index (χ1) is 13.7. The Kier molecular flexibility index (Phi) is 6.05. The van der Waals surface area contributed by atoms with Crippen molar-refractivity contribution in [2.45, 2.75) is 13.0 Å². The number of thiazole rings is 1. The van der Waals surface area contributed by atoms with E-state index in [1.54, 1.807) is 11.3 Å². The van der Waals surface area contributed by atoms with Crippen LogP contribution in [0.25, 0.3) is 11.3 Å². The van der Waals surface area contributed by atoms with Gasteiger partial charge in [0.1, 0.15) is 0 Å². The normalized spacial score (nSPS) is 11.7. The summed E-state index contributed by atoms with van der Waals surface area (Å²) < 4.78 is 3.31. The maximum absolute atomic E-state index is 6.14. The summed E-state index contributed by atoms with van der Waals surface area (Å²) in [6, 6.07) is 21.9. The second kappa shape index (κ2) is 8.86. The average Bonchev–Trinajstić information content (AvgIpc) is 3.10. The van der Waals surface area contributed by atoms with Gasteiger partial charge in [-0.05, 0) is 36.4 Å². The SMILES string of the molecule is Clc1cccc(N=c2scc(-c3ccccc3Br)n2CCc2ccccn2)c1. The van der Waals surface area contributed by atoms with E-state index in [0.717, 1.165) is 44.9 Å². The van der Waals surface area contributed by atoms with E-state index in [1.807, 2.05) is 48.7 Å². The minimum atomic E-state index is 0.684. The zero-order chi connectivity index (χ0) is 19.3. The predicted octanol–water partition coefficient (Wildman–Crippen LogP) is 6.50. The quantitative estimate of drug-likeness (QED) is 0.327. The van der Waals surface area contributed by atoms with Crippen molar-refractivity contribution < 1.29 is 0 Å². The topological polar surface area (TPSA) is 30.2 Å². The van der Waals surface area contributed by atoms with Gasteiger partial charge in [-0.3, -0.25) is 4.98 Å². The number of hydrogen-bond donors (Lipinski definition) is 0. The summed E-state index contributed by atoms with van der Waals surface area (Å²) in [4.78, 5) is 10.2. The maximum atomic E-state index is 6.14. The molecule has 0 saturated heterocycles. The van der Waals surface area contributed by atoms with Gasteiger partial charge in [0.25, 0.3) is 0 Å². The lowest BCUT2D eigenvalue weighted by atomic mass is 10.1. The lowest BCUT2D eigenvalue weighted by molar-refractivity contribution is 0.674. The van der Waals surface area contributed by atoms with Crippen LogP contribution in [-0.2, 0) is 13.0 Å². The molecule has 3 nitrogen and oxygen atoms in total. The highest BCUT2D eigenvalue weighted by Crippen LogP contribution is 2.29. The van der Waals surface area contributed by atoms with Gasteiger partial charge in [-0.1, -0.05) is 57.9 Å². The van der Waals surface area contributed by atoms with Gasteiger partial charge in [0.15, 0.2) is 4.80 Å². The standard InChI is InChI=1S/C22H17BrClN3S/c23-20-10-2-1-9-19(20)21-15-28-22(26-18-8-5-6-16(24)14-18)27(21)13-11-17-7-3-4-12-25-17/h1-10,12,14-15H,11,13H2. The Balaban J connectivity index is 1.79. The van der Waals surface area contributed by atoms with Crippen LogP contribution in [0, 0.1) is 0 Å². The van der Waals surface area contributed by atoms with Crippen molar-refractivity contribution in [2.75, 3.05) is 0 Å². The molecule has 28 heavy (non-hydrogen) atoms. The first-order valence-electron chi connectivity index (χ1n) is 8.84. The van der Waals surface area contributed by atoms with Crippen LogP contribution in [0.2, 0.25) is 5.02 Å². The molecule has 4 rings (SSSR count). The number of nitrogens with zero attached hydrogens (tertiary/aromatic N) is 3. The summed E-state index contributed by atoms with van der Waals surface area (Å²) in [5, 5.41) is 2.84. The highest BCUT2D eigenvalue weighted by atomic mass is 79.9. The zero-order valence-electron chi connectivity index (χ0n) is 14.9. The summed E-state index contributed by atoms with van der Waals surface area (Å²) in [6.45, 7) is 0.788. The van der Waals surface area contributed by atoms with Crippen molar-refractivity contribution in [3.8, 4) is 11.3 Å². The van der Waals surface area contributed by atoms with E-state index in [1.165, 1.54) is 0 Å². The molecule has 0 aliphatic rings. The summed E-state index contributed by atoms with van der Waals surface area (Å²) in [5.41, 5.74) is 4.19. The van der Waals surface area contributed by atoms with E-state index in [-0.39, 0.29) is 0 Å². The first-order valence-corrected chi connectivity index (χ1v) is 10.9. The van der Waals surface area contributed by atoms with Crippen molar-refractivity contribution in [1.82, 2.24) is 9.55 Å². The molecule has 2 aromatic carbocycles. The van der Waals surface area contributed by atoms with E-state index < -0.39 is 0 Å². The highest BCUT2D eigenvalue weighted by Gasteiger charge is 2.11. The van der Waals surface area contributed by atoms with E-state index in [2.05, 4.69) is 55.1 Å². The zero-order valence-corrected chi connectivity index (χ0v) is 18.1. The van der Waals surface area contributed by atoms with Gasteiger partial charge < -0.3 is 4.57 Å². The molecule has 2 aromatic heterocycles. The number of benzene rings is 2. The number of hydrogen-bond acceptors (Lipinski definition) is 3. The van der Waals surface area contributed by atoms with Crippen LogP contribution >= 0.6 is 38.9 Å². The molecule has 0 amide bonds. The molecule has 2 heterocycles. The molecule has 140 valence electrons. The van der Waals surface area contributed by atoms with Crippen molar-refractivity contribution >= 4 is 44.6 Å². The summed E-state index contributed by atoms with van der Waals surface area (Å²) in [7, 11) is 0. The van der Waals surface area contributed by atoms with Gasteiger partial charge in [0.2, 0.25) is 0 Å². The Labute approximate surface area is 181 Å². The Morgan fingerprint density at radius 2 is 1.89 bits per heavy atom. The fourth-order valence-electron chi connectivity index (χ4n) is 2.95. The molecule has 0 fully saturated rings. The smallest absolute Gasteiger partial charge is 0.190 e. The Hall–Kier alpha value is -2.21. The van der Waals surface area contributed by atoms with E-state index in [0.29, 0.717) is 5.02 Å². The third-order valence-electron chi connectivity index (χ3n) is 4.30. The number of halogens is 2. The highest BCUT2D eigenvalue weighted by molar-refractivity contribution is 9.10. The maximum Gasteiger partial charge on any atom is 0.190 e. The van der Waals surface area contributed by atoms with Gasteiger partial charge in [-0.25, -0.2) is 4.99 Å². The van der Waals surface area contributed by atoms with E-state index in [4.69, 9.17) is 16.6 Å². The molecule has 0 spiro atoms. The fourth-order valence-corrected chi connectivity index (χ4v) is 4.57. The van der Waals surface area contributed by atoms with Crippen molar-refractivity contribution in [3.63, 3.8) is 0 Å². The molecular weight excluding hydrogens is 454 g/mol. The van der Waals surface area contributed by atoms with Gasteiger partial charge >= 0.3 is 0 Å². The summed E-state index contributed by atoms with van der Waals surface area (Å²) in [6.07, 6.45) is 2.66. The second-order valence-corrected chi connectivity index (χ2v) is 8.33. The second-order valence-electron chi connectivity index (χ2n) is 6.20. The molecule has 0 saturated carbocycles. The molecule has 0 aliphatic heterocycles. The van der Waals surface area contributed by atoms with Gasteiger partial charge in [-0.15, -0.1) is 11.3 Å². The van der Waals surface area contributed by atoms with Crippen LogP contribution in [0.5, 0.6) is 0 Å². The molecular formula is C22H17BrClN3S. The van der Waals surface area contributed by atoms with Crippen LogP contribution < -0.4 is 4.80 Å². The molecule has 4 aromatic rings. The van der Waals surface area contributed by atoms with Crippen molar-refractivity contribution in [3.05, 3.63) is 98.3 Å². The monoisotopic (exact) mass is 469 g/mol. The third kappa shape index (κ3) is 4.43. The number of rotatable bonds is 5. The summed E-state index contributed by atoms with van der Waals surface area (Å²) >= 11 is 11.4. The van der Waals surface area contributed by atoms with Gasteiger partial charge in [0.05, 0.1) is 11.4 Å². The molecule has 0 radical (unpaired) electrons. The molecule has 0 aliphatic carbocycles. The van der Waals surface area contributed by atoms with Gasteiger partial charge in [0, 0.05) is 45.3 Å². The lowest BCUT2D eigenvalue weighted by Gasteiger charge is -2.10. The number of aryl methyl sites for hydroxylation is 1. The van der Waals surface area contributed by atoms with Gasteiger partial charge in [-0.2, -0.15) is 0 Å².